The average molecular weight is 489 g/mol. The molecule has 0 unspecified atom stereocenters. The SMILES string of the molecule is Cc1nc2cc(C(=O)NCC3CCN(S(=O)(=O)c4ccccc4)CC3)ccc2n1-c1ccccc1. The summed E-state index contributed by atoms with van der Waals surface area (Å²) in [5, 5.41) is 3.03. The third-order valence-electron chi connectivity index (χ3n) is 6.60. The van der Waals surface area contributed by atoms with Gasteiger partial charge < -0.3 is 5.32 Å². The van der Waals surface area contributed by atoms with E-state index in [1.54, 1.807) is 28.6 Å². The van der Waals surface area contributed by atoms with Crippen molar-refractivity contribution in [1.29, 1.82) is 0 Å². The van der Waals surface area contributed by atoms with Crippen molar-refractivity contribution in [3.63, 3.8) is 0 Å². The lowest BCUT2D eigenvalue weighted by molar-refractivity contribution is 0.0941. The summed E-state index contributed by atoms with van der Waals surface area (Å²) in [4.78, 5) is 17.8. The van der Waals surface area contributed by atoms with Crippen molar-refractivity contribution in [1.82, 2.24) is 19.2 Å². The Kier molecular flexibility index (Phi) is 6.40. The maximum absolute atomic E-state index is 12.8. The Morgan fingerprint density at radius 1 is 0.971 bits per heavy atom. The van der Waals surface area contributed by atoms with Crippen LogP contribution in [-0.2, 0) is 10.0 Å². The summed E-state index contributed by atoms with van der Waals surface area (Å²) in [5.41, 5.74) is 3.33. The summed E-state index contributed by atoms with van der Waals surface area (Å²) >= 11 is 0. The van der Waals surface area contributed by atoms with Crippen molar-refractivity contribution in [2.75, 3.05) is 19.6 Å². The Bertz CT molecular complexity index is 1440. The van der Waals surface area contributed by atoms with Crippen LogP contribution in [0.3, 0.4) is 0 Å². The molecule has 3 aromatic carbocycles. The molecule has 0 aliphatic carbocycles. The molecule has 0 radical (unpaired) electrons. The van der Waals surface area contributed by atoms with Crippen LogP contribution >= 0.6 is 0 Å². The van der Waals surface area contributed by atoms with E-state index in [-0.39, 0.29) is 11.8 Å². The van der Waals surface area contributed by atoms with Gasteiger partial charge in [-0.15, -0.1) is 0 Å². The number of aromatic nitrogens is 2. The number of carbonyl (C=O) groups excluding carboxylic acids is 1. The Labute approximate surface area is 205 Å². The van der Waals surface area contributed by atoms with Crippen LogP contribution < -0.4 is 5.32 Å². The van der Waals surface area contributed by atoms with E-state index in [9.17, 15) is 13.2 Å². The lowest BCUT2D eigenvalue weighted by atomic mass is 9.98. The van der Waals surface area contributed by atoms with Gasteiger partial charge in [-0.3, -0.25) is 9.36 Å². The molecule has 1 aliphatic rings. The average Bonchev–Trinajstić information content (AvgIpc) is 3.23. The zero-order chi connectivity index (χ0) is 24.4. The zero-order valence-corrected chi connectivity index (χ0v) is 20.4. The van der Waals surface area contributed by atoms with Crippen molar-refractivity contribution in [3.05, 3.63) is 90.3 Å². The first kappa shape index (κ1) is 23.3. The smallest absolute Gasteiger partial charge is 0.251 e. The second kappa shape index (κ2) is 9.64. The Morgan fingerprint density at radius 3 is 2.31 bits per heavy atom. The maximum atomic E-state index is 12.8. The fraction of sp³-hybridized carbons (Fsp3) is 0.259. The zero-order valence-electron chi connectivity index (χ0n) is 19.6. The molecule has 0 spiro atoms. The Morgan fingerprint density at radius 2 is 1.63 bits per heavy atom. The van der Waals surface area contributed by atoms with Gasteiger partial charge in [0.05, 0.1) is 15.9 Å². The summed E-state index contributed by atoms with van der Waals surface area (Å²) in [7, 11) is -3.47. The lowest BCUT2D eigenvalue weighted by Crippen LogP contribution is -2.41. The fourth-order valence-corrected chi connectivity index (χ4v) is 6.17. The number of nitrogens with one attached hydrogen (secondary N) is 1. The van der Waals surface area contributed by atoms with Crippen molar-refractivity contribution in [3.8, 4) is 5.69 Å². The predicted octanol–water partition coefficient (Wildman–Crippen LogP) is 4.16. The quantitative estimate of drug-likeness (QED) is 0.442. The number of aryl methyl sites for hydroxylation is 1. The second-order valence-corrected chi connectivity index (χ2v) is 10.8. The summed E-state index contributed by atoms with van der Waals surface area (Å²) in [6, 6.07) is 24.1. The molecule has 180 valence electrons. The summed E-state index contributed by atoms with van der Waals surface area (Å²) in [5.74, 6) is 0.962. The minimum Gasteiger partial charge on any atom is -0.352 e. The number of para-hydroxylation sites is 1. The van der Waals surface area contributed by atoms with Crippen molar-refractivity contribution in [2.24, 2.45) is 5.92 Å². The summed E-state index contributed by atoms with van der Waals surface area (Å²) < 4.78 is 29.3. The topological polar surface area (TPSA) is 84.3 Å². The van der Waals surface area contributed by atoms with E-state index < -0.39 is 10.0 Å². The van der Waals surface area contributed by atoms with Gasteiger partial charge in [-0.2, -0.15) is 4.31 Å². The van der Waals surface area contributed by atoms with Gasteiger partial charge >= 0.3 is 0 Å². The van der Waals surface area contributed by atoms with Gasteiger partial charge in [0.1, 0.15) is 5.82 Å². The number of amides is 1. The lowest BCUT2D eigenvalue weighted by Gasteiger charge is -2.31. The summed E-state index contributed by atoms with van der Waals surface area (Å²) in [6.45, 7) is 3.39. The molecule has 2 heterocycles. The van der Waals surface area contributed by atoms with E-state index in [2.05, 4.69) is 14.9 Å². The van der Waals surface area contributed by atoms with Crippen molar-refractivity contribution < 1.29 is 13.2 Å². The molecule has 1 saturated heterocycles. The fourth-order valence-electron chi connectivity index (χ4n) is 4.68. The normalized spacial score (nSPS) is 15.3. The van der Waals surface area contributed by atoms with Crippen LogP contribution in [0.2, 0.25) is 0 Å². The number of imidazole rings is 1. The molecule has 7 nitrogen and oxygen atoms in total. The molecule has 1 fully saturated rings. The number of nitrogens with zero attached hydrogens (tertiary/aromatic N) is 3. The number of hydrogen-bond donors (Lipinski definition) is 1. The van der Waals surface area contributed by atoms with Gasteiger partial charge in [-0.1, -0.05) is 36.4 Å². The number of fused-ring (bicyclic) bond motifs is 1. The molecular weight excluding hydrogens is 460 g/mol. The van der Waals surface area contributed by atoms with E-state index in [4.69, 9.17) is 0 Å². The number of carbonyl (C=O) groups is 1. The molecule has 0 saturated carbocycles. The molecule has 4 aromatic rings. The molecule has 1 aliphatic heterocycles. The first-order valence-electron chi connectivity index (χ1n) is 11.8. The first-order valence-corrected chi connectivity index (χ1v) is 13.3. The van der Waals surface area contributed by atoms with Crippen molar-refractivity contribution >= 4 is 27.0 Å². The Hall–Kier alpha value is -3.49. The number of hydrogen-bond acceptors (Lipinski definition) is 4. The summed E-state index contributed by atoms with van der Waals surface area (Å²) in [6.07, 6.45) is 1.43. The van der Waals surface area contributed by atoms with Crippen LogP contribution in [0, 0.1) is 12.8 Å². The second-order valence-electron chi connectivity index (χ2n) is 8.90. The minimum absolute atomic E-state index is 0.141. The molecule has 5 rings (SSSR count). The highest BCUT2D eigenvalue weighted by atomic mass is 32.2. The Balaban J connectivity index is 1.21. The van der Waals surface area contributed by atoms with E-state index >= 15 is 0 Å². The monoisotopic (exact) mass is 488 g/mol. The van der Waals surface area contributed by atoms with Crippen LogP contribution in [-0.4, -0.2) is 47.8 Å². The molecule has 1 N–H and O–H groups in total. The predicted molar refractivity (Wildman–Crippen MR) is 136 cm³/mol. The van der Waals surface area contributed by atoms with Crippen LogP contribution in [0.5, 0.6) is 0 Å². The van der Waals surface area contributed by atoms with Gasteiger partial charge in [0, 0.05) is 30.9 Å². The number of piperidine rings is 1. The van der Waals surface area contributed by atoms with E-state index in [0.29, 0.717) is 42.9 Å². The van der Waals surface area contributed by atoms with Crippen LogP contribution in [0.1, 0.15) is 29.0 Å². The van der Waals surface area contributed by atoms with E-state index in [0.717, 1.165) is 22.5 Å². The highest BCUT2D eigenvalue weighted by Crippen LogP contribution is 2.24. The van der Waals surface area contributed by atoms with Gasteiger partial charge in [-0.25, -0.2) is 13.4 Å². The maximum Gasteiger partial charge on any atom is 0.251 e. The third kappa shape index (κ3) is 4.72. The van der Waals surface area contributed by atoms with Crippen LogP contribution in [0.25, 0.3) is 16.7 Å². The first-order chi connectivity index (χ1) is 16.9. The molecule has 1 aromatic heterocycles. The number of rotatable bonds is 6. The van der Waals surface area contributed by atoms with Gasteiger partial charge in [0.25, 0.3) is 5.91 Å². The van der Waals surface area contributed by atoms with Gasteiger partial charge in [0.2, 0.25) is 10.0 Å². The number of benzene rings is 3. The molecule has 0 atom stereocenters. The standard InChI is InChI=1S/C27H28N4O3S/c1-20-29-25-18-22(12-13-26(25)31(20)23-8-4-2-5-9-23)27(32)28-19-21-14-16-30(17-15-21)35(33,34)24-10-6-3-7-11-24/h2-13,18,21H,14-17,19H2,1H3,(H,28,32). The van der Waals surface area contributed by atoms with E-state index in [1.165, 1.54) is 0 Å². The molecule has 0 bridgehead atoms. The van der Waals surface area contributed by atoms with E-state index in [1.807, 2.05) is 61.5 Å². The minimum atomic E-state index is -3.47. The van der Waals surface area contributed by atoms with Crippen molar-refractivity contribution in [2.45, 2.75) is 24.7 Å². The highest BCUT2D eigenvalue weighted by Gasteiger charge is 2.29. The van der Waals surface area contributed by atoms with Crippen LogP contribution in [0.4, 0.5) is 0 Å². The van der Waals surface area contributed by atoms with Gasteiger partial charge in [0.15, 0.2) is 0 Å². The molecule has 8 heteroatoms. The largest absolute Gasteiger partial charge is 0.352 e. The third-order valence-corrected chi connectivity index (χ3v) is 8.52. The molecule has 35 heavy (non-hydrogen) atoms. The van der Waals surface area contributed by atoms with Gasteiger partial charge in [-0.05, 0) is 68.1 Å². The molecular formula is C27H28N4O3S. The molecule has 1 amide bonds. The van der Waals surface area contributed by atoms with Crippen LogP contribution in [0.15, 0.2) is 83.8 Å². The highest BCUT2D eigenvalue weighted by molar-refractivity contribution is 7.89. The number of sulfonamides is 1.